The Morgan fingerprint density at radius 2 is 1.69 bits per heavy atom. The molecule has 0 aromatic heterocycles. The van der Waals surface area contributed by atoms with E-state index in [0.29, 0.717) is 12.2 Å². The van der Waals surface area contributed by atoms with E-state index < -0.39 is 30.1 Å². The van der Waals surface area contributed by atoms with Gasteiger partial charge in [0, 0.05) is 6.20 Å². The standard InChI is InChI=1S/C28H44N4O4/c1-9-19(6)24(32(7)8)28(35)31-23-25(18(4)5)36-21-12-10-20(11-13-21)14-15-29-26(33)22(16-17(2)3)30-27(23)34/h10-15,17-19,22-25H,9,16H2,1-8H3,(H,29,33)(H,30,34)(H,31,35)/t19-,22+,23+,24+,25+/m1/s1. The Morgan fingerprint density at radius 1 is 1.06 bits per heavy atom. The number of carbonyl (C=O) groups excluding carboxylic acids is 3. The van der Waals surface area contributed by atoms with E-state index in [9.17, 15) is 14.4 Å². The molecular formula is C28H44N4O4. The van der Waals surface area contributed by atoms with Gasteiger partial charge in [0.15, 0.2) is 0 Å². The van der Waals surface area contributed by atoms with Crippen LogP contribution in [0.3, 0.4) is 0 Å². The van der Waals surface area contributed by atoms with Crippen LogP contribution in [0.15, 0.2) is 30.5 Å². The van der Waals surface area contributed by atoms with Crippen LogP contribution < -0.4 is 20.7 Å². The van der Waals surface area contributed by atoms with Gasteiger partial charge in [-0.1, -0.05) is 60.1 Å². The van der Waals surface area contributed by atoms with E-state index in [1.165, 1.54) is 0 Å². The molecule has 0 aliphatic carbocycles. The van der Waals surface area contributed by atoms with Gasteiger partial charge in [0.25, 0.3) is 0 Å². The van der Waals surface area contributed by atoms with Crippen LogP contribution in [0, 0.1) is 17.8 Å². The molecule has 2 heterocycles. The lowest BCUT2D eigenvalue weighted by Crippen LogP contribution is -2.62. The van der Waals surface area contributed by atoms with Gasteiger partial charge in [-0.15, -0.1) is 0 Å². The van der Waals surface area contributed by atoms with Crippen molar-refractivity contribution in [2.24, 2.45) is 17.8 Å². The third-order valence-electron chi connectivity index (χ3n) is 6.57. The SMILES string of the molecule is CC[C@@H](C)[C@@H](C(=O)N[C@@H]1C(=O)N[C@@H](CC(C)C)C(=O)NC=Cc2ccc(cc2)O[C@H]1C(C)C)N(C)C. The van der Waals surface area contributed by atoms with E-state index in [1.807, 2.05) is 84.8 Å². The van der Waals surface area contributed by atoms with Crippen molar-refractivity contribution in [3.63, 3.8) is 0 Å². The van der Waals surface area contributed by atoms with Gasteiger partial charge in [-0.3, -0.25) is 19.3 Å². The van der Waals surface area contributed by atoms with Crippen LogP contribution in [0.4, 0.5) is 0 Å². The smallest absolute Gasteiger partial charge is 0.247 e. The molecule has 3 amide bonds. The summed E-state index contributed by atoms with van der Waals surface area (Å²) < 4.78 is 6.31. The second kappa shape index (κ2) is 13.4. The zero-order valence-electron chi connectivity index (χ0n) is 23.0. The number of nitrogens with one attached hydrogen (secondary N) is 3. The molecule has 0 saturated heterocycles. The van der Waals surface area contributed by atoms with E-state index in [0.717, 1.165) is 12.0 Å². The molecule has 0 unspecified atom stereocenters. The molecule has 1 aromatic carbocycles. The number of likely N-dealkylation sites (N-methyl/N-ethyl adjacent to an activating group) is 1. The molecule has 0 fully saturated rings. The van der Waals surface area contributed by atoms with Crippen LogP contribution in [0.25, 0.3) is 6.08 Å². The molecule has 36 heavy (non-hydrogen) atoms. The summed E-state index contributed by atoms with van der Waals surface area (Å²) in [5, 5.41) is 8.68. The molecule has 3 rings (SSSR count). The summed E-state index contributed by atoms with van der Waals surface area (Å²) in [7, 11) is 3.72. The summed E-state index contributed by atoms with van der Waals surface area (Å²) in [6.45, 7) is 12.0. The third-order valence-corrected chi connectivity index (χ3v) is 6.57. The molecule has 0 spiro atoms. The maximum Gasteiger partial charge on any atom is 0.247 e. The lowest BCUT2D eigenvalue weighted by molar-refractivity contribution is -0.137. The van der Waals surface area contributed by atoms with E-state index in [4.69, 9.17) is 4.74 Å². The van der Waals surface area contributed by atoms with Crippen LogP contribution in [0.5, 0.6) is 5.75 Å². The van der Waals surface area contributed by atoms with Crippen LogP contribution in [0.1, 0.15) is 59.9 Å². The van der Waals surface area contributed by atoms with Crippen LogP contribution in [-0.2, 0) is 14.4 Å². The predicted octanol–water partition coefficient (Wildman–Crippen LogP) is 3.18. The highest BCUT2D eigenvalue weighted by Crippen LogP contribution is 2.22. The van der Waals surface area contributed by atoms with Crippen molar-refractivity contribution in [2.75, 3.05) is 14.1 Å². The normalized spacial score (nSPS) is 22.6. The molecule has 0 radical (unpaired) electrons. The topological polar surface area (TPSA) is 99.8 Å². The van der Waals surface area contributed by atoms with Gasteiger partial charge in [-0.2, -0.15) is 0 Å². The van der Waals surface area contributed by atoms with Gasteiger partial charge in [-0.25, -0.2) is 0 Å². The second-order valence-corrected chi connectivity index (χ2v) is 10.7. The number of benzene rings is 1. The average Bonchev–Trinajstić information content (AvgIpc) is 2.80. The minimum atomic E-state index is -0.996. The van der Waals surface area contributed by atoms with Gasteiger partial charge in [0.1, 0.15) is 23.9 Å². The summed E-state index contributed by atoms with van der Waals surface area (Å²) in [6.07, 6.45) is 3.99. The molecule has 8 heteroatoms. The van der Waals surface area contributed by atoms with Gasteiger partial charge >= 0.3 is 0 Å². The minimum Gasteiger partial charge on any atom is -0.487 e. The molecule has 2 bridgehead atoms. The van der Waals surface area contributed by atoms with Crippen LogP contribution in [0.2, 0.25) is 0 Å². The molecule has 200 valence electrons. The number of rotatable bonds is 8. The Hall–Kier alpha value is -2.87. The minimum absolute atomic E-state index is 0.0822. The summed E-state index contributed by atoms with van der Waals surface area (Å²) in [5.74, 6) is -0.241. The molecule has 2 aliphatic rings. The van der Waals surface area contributed by atoms with Crippen LogP contribution >= 0.6 is 0 Å². The maximum absolute atomic E-state index is 13.7. The number of fused-ring (bicyclic) bond motifs is 10. The third kappa shape index (κ3) is 8.08. The molecule has 2 aliphatic heterocycles. The number of amides is 3. The van der Waals surface area contributed by atoms with Gasteiger partial charge in [-0.05, 0) is 62.0 Å². The molecular weight excluding hydrogens is 456 g/mol. The number of nitrogens with zero attached hydrogens (tertiary/aromatic N) is 1. The molecule has 0 saturated carbocycles. The highest BCUT2D eigenvalue weighted by molar-refractivity contribution is 5.94. The number of hydrogen-bond acceptors (Lipinski definition) is 5. The first-order valence-corrected chi connectivity index (χ1v) is 12.9. The lowest BCUT2D eigenvalue weighted by atomic mass is 9.94. The van der Waals surface area contributed by atoms with Crippen molar-refractivity contribution in [2.45, 2.75) is 78.6 Å². The van der Waals surface area contributed by atoms with Crippen molar-refractivity contribution < 1.29 is 19.1 Å². The van der Waals surface area contributed by atoms with Gasteiger partial charge < -0.3 is 20.7 Å². The summed E-state index contributed by atoms with van der Waals surface area (Å²) in [4.78, 5) is 42.1. The number of hydrogen-bond donors (Lipinski definition) is 3. The van der Waals surface area contributed by atoms with Crippen molar-refractivity contribution >= 4 is 23.8 Å². The number of ether oxygens (including phenoxy) is 1. The predicted molar refractivity (Wildman–Crippen MR) is 143 cm³/mol. The Bertz CT molecular complexity index is 911. The summed E-state index contributed by atoms with van der Waals surface area (Å²) in [5.41, 5.74) is 0.900. The zero-order chi connectivity index (χ0) is 27.0. The van der Waals surface area contributed by atoms with E-state index >= 15 is 0 Å². The fraction of sp³-hybridized carbons (Fsp3) is 0.607. The number of carbonyl (C=O) groups is 3. The van der Waals surface area contributed by atoms with Crippen molar-refractivity contribution in [1.82, 2.24) is 20.9 Å². The first-order chi connectivity index (χ1) is 16.9. The summed E-state index contributed by atoms with van der Waals surface area (Å²) in [6, 6.07) is 5.24. The summed E-state index contributed by atoms with van der Waals surface area (Å²) >= 11 is 0. The Kier molecular flexibility index (Phi) is 11.0. The second-order valence-electron chi connectivity index (χ2n) is 10.7. The molecule has 8 nitrogen and oxygen atoms in total. The molecule has 3 N–H and O–H groups in total. The highest BCUT2D eigenvalue weighted by atomic mass is 16.5. The molecule has 1 aromatic rings. The fourth-order valence-electron chi connectivity index (χ4n) is 4.45. The first kappa shape index (κ1) is 29.4. The van der Waals surface area contributed by atoms with E-state index in [2.05, 4.69) is 16.0 Å². The van der Waals surface area contributed by atoms with Gasteiger partial charge in [0.05, 0.1) is 6.04 Å². The highest BCUT2D eigenvalue weighted by Gasteiger charge is 2.38. The van der Waals surface area contributed by atoms with E-state index in [-0.39, 0.29) is 29.6 Å². The van der Waals surface area contributed by atoms with Crippen molar-refractivity contribution in [1.29, 1.82) is 0 Å². The average molecular weight is 501 g/mol. The zero-order valence-corrected chi connectivity index (χ0v) is 23.0. The maximum atomic E-state index is 13.7. The Labute approximate surface area is 216 Å². The quantitative estimate of drug-likeness (QED) is 0.509. The van der Waals surface area contributed by atoms with E-state index in [1.54, 1.807) is 12.3 Å². The van der Waals surface area contributed by atoms with Crippen molar-refractivity contribution in [3.05, 3.63) is 36.0 Å². The lowest BCUT2D eigenvalue weighted by Gasteiger charge is -2.35. The van der Waals surface area contributed by atoms with Gasteiger partial charge in [0.2, 0.25) is 17.7 Å². The Balaban J connectivity index is 2.52. The molecule has 5 atom stereocenters. The fourth-order valence-corrected chi connectivity index (χ4v) is 4.45. The monoisotopic (exact) mass is 500 g/mol. The first-order valence-electron chi connectivity index (χ1n) is 12.9. The largest absolute Gasteiger partial charge is 0.487 e. The van der Waals surface area contributed by atoms with Crippen LogP contribution in [-0.4, -0.2) is 60.9 Å². The Morgan fingerprint density at radius 3 is 2.22 bits per heavy atom. The van der Waals surface area contributed by atoms with Crippen molar-refractivity contribution in [3.8, 4) is 5.75 Å².